The third-order valence-corrected chi connectivity index (χ3v) is 4.23. The minimum atomic E-state index is 0.0591. The zero-order valence-corrected chi connectivity index (χ0v) is 10.6. The first-order valence-corrected chi connectivity index (χ1v) is 7.05. The maximum Gasteiger partial charge on any atom is 0.224 e. The molecule has 3 fully saturated rings. The van der Waals surface area contributed by atoms with Crippen LogP contribution in [0.1, 0.15) is 38.5 Å². The molecule has 3 rings (SSSR count). The average Bonchev–Trinajstić information content (AvgIpc) is 2.92. The van der Waals surface area contributed by atoms with Gasteiger partial charge in [-0.25, -0.2) is 0 Å². The Hall–Kier alpha value is -1.10. The van der Waals surface area contributed by atoms with Crippen LogP contribution in [0.3, 0.4) is 0 Å². The predicted octanol–water partition coefficient (Wildman–Crippen LogP) is -0.0882. The highest BCUT2D eigenvalue weighted by Gasteiger charge is 2.42. The van der Waals surface area contributed by atoms with Crippen molar-refractivity contribution in [3.8, 4) is 0 Å². The Bertz CT molecular complexity index is 354. The Labute approximate surface area is 107 Å². The molecule has 0 spiro atoms. The lowest BCUT2D eigenvalue weighted by molar-refractivity contribution is -0.125. The Balaban J connectivity index is 1.35. The lowest BCUT2D eigenvalue weighted by atomic mass is 9.88. The summed E-state index contributed by atoms with van der Waals surface area (Å²) in [5, 5.41) is 9.27. The molecule has 2 aliphatic heterocycles. The maximum atomic E-state index is 12.0. The standard InChI is InChI=1S/C13H21N3O2/c17-12(16-8-1-2-8)5-6-14-13(18)10-7-9-3-4-11(10)15-9/h8-11,15H,1-7H2,(H,14,18)(H,16,17). The van der Waals surface area contributed by atoms with Gasteiger partial charge in [0.15, 0.2) is 0 Å². The summed E-state index contributed by atoms with van der Waals surface area (Å²) in [5.74, 6) is 0.299. The van der Waals surface area contributed by atoms with Gasteiger partial charge in [-0.15, -0.1) is 0 Å². The molecule has 3 N–H and O–H groups in total. The van der Waals surface area contributed by atoms with Gasteiger partial charge in [0.2, 0.25) is 11.8 Å². The first-order valence-electron chi connectivity index (χ1n) is 7.05. The summed E-state index contributed by atoms with van der Waals surface area (Å²) in [5.41, 5.74) is 0. The van der Waals surface area contributed by atoms with Crippen LogP contribution in [0, 0.1) is 5.92 Å². The molecule has 1 aliphatic carbocycles. The highest BCUT2D eigenvalue weighted by Crippen LogP contribution is 2.33. The van der Waals surface area contributed by atoms with E-state index < -0.39 is 0 Å². The molecule has 5 heteroatoms. The van der Waals surface area contributed by atoms with Crippen molar-refractivity contribution in [2.75, 3.05) is 6.54 Å². The number of hydrogen-bond donors (Lipinski definition) is 3. The first kappa shape index (κ1) is 12.0. The molecule has 3 atom stereocenters. The van der Waals surface area contributed by atoms with Gasteiger partial charge in [0.1, 0.15) is 0 Å². The first-order chi connectivity index (χ1) is 8.72. The van der Waals surface area contributed by atoms with Crippen LogP contribution < -0.4 is 16.0 Å². The van der Waals surface area contributed by atoms with Crippen molar-refractivity contribution >= 4 is 11.8 Å². The maximum absolute atomic E-state index is 12.0. The summed E-state index contributed by atoms with van der Waals surface area (Å²) in [4.78, 5) is 23.4. The fourth-order valence-corrected chi connectivity index (χ4v) is 3.07. The summed E-state index contributed by atoms with van der Waals surface area (Å²) >= 11 is 0. The topological polar surface area (TPSA) is 70.2 Å². The summed E-state index contributed by atoms with van der Waals surface area (Å²) in [6.45, 7) is 0.464. The fourth-order valence-electron chi connectivity index (χ4n) is 3.07. The van der Waals surface area contributed by atoms with Crippen molar-refractivity contribution in [2.24, 2.45) is 5.92 Å². The molecular formula is C13H21N3O2. The zero-order valence-electron chi connectivity index (χ0n) is 10.6. The molecule has 2 heterocycles. The fraction of sp³-hybridized carbons (Fsp3) is 0.846. The minimum absolute atomic E-state index is 0.0591. The van der Waals surface area contributed by atoms with E-state index in [4.69, 9.17) is 0 Å². The second-order valence-corrected chi connectivity index (χ2v) is 5.77. The monoisotopic (exact) mass is 251 g/mol. The Morgan fingerprint density at radius 2 is 2.00 bits per heavy atom. The number of fused-ring (bicyclic) bond motifs is 2. The molecule has 1 saturated carbocycles. The highest BCUT2D eigenvalue weighted by molar-refractivity contribution is 5.81. The van der Waals surface area contributed by atoms with Crippen LogP contribution in [-0.2, 0) is 9.59 Å². The quantitative estimate of drug-likeness (QED) is 0.639. The molecule has 0 radical (unpaired) electrons. The number of amides is 2. The molecule has 3 aliphatic rings. The third kappa shape index (κ3) is 2.66. The average molecular weight is 251 g/mol. The lowest BCUT2D eigenvalue weighted by Crippen LogP contribution is -2.39. The molecule has 5 nitrogen and oxygen atoms in total. The highest BCUT2D eigenvalue weighted by atomic mass is 16.2. The van der Waals surface area contributed by atoms with Crippen LogP contribution in [0.15, 0.2) is 0 Å². The summed E-state index contributed by atoms with van der Waals surface area (Å²) in [6, 6.07) is 1.32. The van der Waals surface area contributed by atoms with E-state index in [2.05, 4.69) is 16.0 Å². The molecule has 3 unspecified atom stereocenters. The van der Waals surface area contributed by atoms with Crippen LogP contribution in [0.4, 0.5) is 0 Å². The number of carbonyl (C=O) groups is 2. The molecule has 0 aromatic rings. The second kappa shape index (κ2) is 4.88. The number of hydrogen-bond acceptors (Lipinski definition) is 3. The van der Waals surface area contributed by atoms with Crippen molar-refractivity contribution in [1.82, 2.24) is 16.0 Å². The molecule has 0 aromatic heterocycles. The van der Waals surface area contributed by atoms with Crippen LogP contribution in [0.5, 0.6) is 0 Å². The summed E-state index contributed by atoms with van der Waals surface area (Å²) < 4.78 is 0. The van der Waals surface area contributed by atoms with Crippen LogP contribution in [0.25, 0.3) is 0 Å². The van der Waals surface area contributed by atoms with E-state index in [-0.39, 0.29) is 17.7 Å². The second-order valence-electron chi connectivity index (χ2n) is 5.77. The van der Waals surface area contributed by atoms with Crippen molar-refractivity contribution in [2.45, 2.75) is 56.7 Å². The predicted molar refractivity (Wildman–Crippen MR) is 66.8 cm³/mol. The van der Waals surface area contributed by atoms with Gasteiger partial charge in [0.25, 0.3) is 0 Å². The number of nitrogens with one attached hydrogen (secondary N) is 3. The largest absolute Gasteiger partial charge is 0.355 e. The smallest absolute Gasteiger partial charge is 0.224 e. The number of rotatable bonds is 5. The minimum Gasteiger partial charge on any atom is -0.355 e. The summed E-state index contributed by atoms with van der Waals surface area (Å²) in [7, 11) is 0. The van der Waals surface area contributed by atoms with Gasteiger partial charge in [-0.05, 0) is 32.1 Å². The molecule has 2 amide bonds. The van der Waals surface area contributed by atoms with Crippen molar-refractivity contribution < 1.29 is 9.59 Å². The van der Waals surface area contributed by atoms with E-state index in [0.29, 0.717) is 31.1 Å². The van der Waals surface area contributed by atoms with Gasteiger partial charge in [-0.2, -0.15) is 0 Å². The van der Waals surface area contributed by atoms with Gasteiger partial charge >= 0.3 is 0 Å². The Morgan fingerprint density at radius 1 is 1.17 bits per heavy atom. The lowest BCUT2D eigenvalue weighted by Gasteiger charge is -2.19. The Kier molecular flexibility index (Phi) is 3.24. The van der Waals surface area contributed by atoms with E-state index in [1.807, 2.05) is 0 Å². The molecule has 2 bridgehead atoms. The molecule has 2 saturated heterocycles. The van der Waals surface area contributed by atoms with Crippen molar-refractivity contribution in [3.05, 3.63) is 0 Å². The van der Waals surface area contributed by atoms with Crippen LogP contribution >= 0.6 is 0 Å². The molecular weight excluding hydrogens is 230 g/mol. The summed E-state index contributed by atoms with van der Waals surface area (Å²) in [6.07, 6.45) is 5.90. The van der Waals surface area contributed by atoms with E-state index in [9.17, 15) is 9.59 Å². The van der Waals surface area contributed by atoms with Gasteiger partial charge in [0, 0.05) is 31.1 Å². The van der Waals surface area contributed by atoms with Gasteiger partial charge in [0.05, 0.1) is 5.92 Å². The van der Waals surface area contributed by atoms with Crippen LogP contribution in [0.2, 0.25) is 0 Å². The van der Waals surface area contributed by atoms with Gasteiger partial charge < -0.3 is 16.0 Å². The Morgan fingerprint density at radius 3 is 2.61 bits per heavy atom. The van der Waals surface area contributed by atoms with Crippen LogP contribution in [-0.4, -0.2) is 36.5 Å². The van der Waals surface area contributed by atoms with Gasteiger partial charge in [-0.3, -0.25) is 9.59 Å². The SMILES string of the molecule is O=C(CCNC(=O)C1CC2CCC1N2)NC1CC1. The van der Waals surface area contributed by atoms with Crippen molar-refractivity contribution in [3.63, 3.8) is 0 Å². The zero-order chi connectivity index (χ0) is 12.5. The molecule has 100 valence electrons. The molecule has 18 heavy (non-hydrogen) atoms. The number of carbonyl (C=O) groups excluding carboxylic acids is 2. The van der Waals surface area contributed by atoms with Gasteiger partial charge in [-0.1, -0.05) is 0 Å². The van der Waals surface area contributed by atoms with E-state index in [1.165, 1.54) is 6.42 Å². The van der Waals surface area contributed by atoms with E-state index in [1.54, 1.807) is 0 Å². The van der Waals surface area contributed by atoms with E-state index in [0.717, 1.165) is 25.7 Å². The van der Waals surface area contributed by atoms with Crippen molar-refractivity contribution in [1.29, 1.82) is 0 Å². The molecule has 0 aromatic carbocycles. The van der Waals surface area contributed by atoms with E-state index >= 15 is 0 Å². The third-order valence-electron chi connectivity index (χ3n) is 4.23. The normalized spacial score (nSPS) is 33.4.